The Morgan fingerprint density at radius 3 is 2.50 bits per heavy atom. The van der Waals surface area contributed by atoms with E-state index in [1.54, 1.807) is 25.2 Å². The SMILES string of the molecule is CC1=C[C@H]2[C@H](O)[C@@H](CO)CC[C@@H]2[C@@]2(C)C(=O)O[C@H](C)CCC/C=C(/C(=O)O)[C@H](O)[C@@H](C)/C=C\C=C[C@@H]12. The summed E-state index contributed by atoms with van der Waals surface area (Å²) in [6.45, 7) is 7.45. The molecule has 2 aliphatic carbocycles. The second kappa shape index (κ2) is 11.9. The van der Waals surface area contributed by atoms with Crippen molar-refractivity contribution in [3.8, 4) is 0 Å². The average Bonchev–Trinajstić information content (AvgIpc) is 2.82. The number of carbonyl (C=O) groups excluding carboxylic acids is 1. The molecule has 1 saturated carbocycles. The minimum atomic E-state index is -1.13. The lowest BCUT2D eigenvalue weighted by Crippen LogP contribution is -2.55. The molecule has 1 heterocycles. The van der Waals surface area contributed by atoms with Crippen LogP contribution < -0.4 is 0 Å². The molecule has 4 N–H and O–H groups in total. The third-order valence-electron chi connectivity index (χ3n) is 8.61. The lowest BCUT2D eigenvalue weighted by atomic mass is 9.52. The number of carboxylic acid groups (broad SMARTS) is 1. The van der Waals surface area contributed by atoms with Gasteiger partial charge in [-0.3, -0.25) is 4.79 Å². The van der Waals surface area contributed by atoms with Gasteiger partial charge < -0.3 is 25.2 Å². The molecule has 0 bridgehead atoms. The smallest absolute Gasteiger partial charge is 0.333 e. The maximum absolute atomic E-state index is 13.8. The van der Waals surface area contributed by atoms with Gasteiger partial charge in [0.25, 0.3) is 0 Å². The molecule has 0 radical (unpaired) electrons. The number of carbonyl (C=O) groups is 2. The van der Waals surface area contributed by atoms with Crippen LogP contribution in [0.4, 0.5) is 0 Å². The van der Waals surface area contributed by atoms with Crippen LogP contribution in [0.2, 0.25) is 0 Å². The third kappa shape index (κ3) is 5.68. The third-order valence-corrected chi connectivity index (χ3v) is 8.61. The Morgan fingerprint density at radius 2 is 1.83 bits per heavy atom. The molecule has 0 aromatic carbocycles. The van der Waals surface area contributed by atoms with Crippen molar-refractivity contribution in [2.75, 3.05) is 6.61 Å². The lowest BCUT2D eigenvalue weighted by Gasteiger charge is -2.52. The Morgan fingerprint density at radius 1 is 1.14 bits per heavy atom. The van der Waals surface area contributed by atoms with Crippen LogP contribution >= 0.6 is 0 Å². The molecule has 1 aliphatic heterocycles. The van der Waals surface area contributed by atoms with Crippen molar-refractivity contribution >= 4 is 11.9 Å². The van der Waals surface area contributed by atoms with E-state index in [1.165, 1.54) is 0 Å². The average molecular weight is 503 g/mol. The molecule has 0 spiro atoms. The van der Waals surface area contributed by atoms with Gasteiger partial charge in [0, 0.05) is 30.3 Å². The summed E-state index contributed by atoms with van der Waals surface area (Å²) in [6, 6.07) is 0. The highest BCUT2D eigenvalue weighted by atomic mass is 16.5. The summed E-state index contributed by atoms with van der Waals surface area (Å²) in [6.07, 6.45) is 11.8. The van der Waals surface area contributed by atoms with Gasteiger partial charge >= 0.3 is 11.9 Å². The fraction of sp³-hybridized carbons (Fsp3) is 0.655. The van der Waals surface area contributed by atoms with Gasteiger partial charge in [0.2, 0.25) is 0 Å². The number of hydrogen-bond donors (Lipinski definition) is 4. The Labute approximate surface area is 214 Å². The van der Waals surface area contributed by atoms with E-state index in [1.807, 2.05) is 32.9 Å². The molecule has 3 rings (SSSR count). The molecular formula is C29H42O7. The monoisotopic (exact) mass is 502 g/mol. The van der Waals surface area contributed by atoms with Gasteiger partial charge in [-0.25, -0.2) is 4.79 Å². The first kappa shape index (κ1) is 28.4. The first-order chi connectivity index (χ1) is 17.0. The normalized spacial score (nSPS) is 42.7. The highest BCUT2D eigenvalue weighted by molar-refractivity contribution is 5.87. The largest absolute Gasteiger partial charge is 0.478 e. The standard InChI is InChI=1S/C29H42O7/c1-17-9-5-8-12-23-18(2)15-22-24(14-13-20(16-30)26(22)32)29(23,4)28(35)36-19(3)10-6-7-11-21(25(17)31)27(33)34/h5,8-9,11-12,15,17,19-20,22-26,30-32H,6-7,10,13-14,16H2,1-4H3,(H,33,34)/b9-5-,12-8?,21-11+/t17-,19+,20+,22+,23-,24-,25+,26+,29-/m0/s1. The summed E-state index contributed by atoms with van der Waals surface area (Å²) in [4.78, 5) is 25.5. The summed E-state index contributed by atoms with van der Waals surface area (Å²) in [5, 5.41) is 40.9. The lowest BCUT2D eigenvalue weighted by molar-refractivity contribution is -0.172. The van der Waals surface area contributed by atoms with Gasteiger partial charge in [-0.1, -0.05) is 49.0 Å². The number of cyclic esters (lactones) is 1. The van der Waals surface area contributed by atoms with E-state index in [9.17, 15) is 30.0 Å². The van der Waals surface area contributed by atoms with E-state index in [0.717, 1.165) is 5.57 Å². The first-order valence-corrected chi connectivity index (χ1v) is 13.2. The van der Waals surface area contributed by atoms with Gasteiger partial charge in [0.15, 0.2) is 0 Å². The van der Waals surface area contributed by atoms with Crippen LogP contribution in [-0.2, 0) is 14.3 Å². The number of aliphatic hydroxyl groups excluding tert-OH is 3. The van der Waals surface area contributed by atoms with Crippen LogP contribution in [0.3, 0.4) is 0 Å². The van der Waals surface area contributed by atoms with Crippen molar-refractivity contribution in [1.82, 2.24) is 0 Å². The van der Waals surface area contributed by atoms with Gasteiger partial charge in [0.1, 0.15) is 0 Å². The first-order valence-electron chi connectivity index (χ1n) is 13.2. The maximum Gasteiger partial charge on any atom is 0.333 e. The highest BCUT2D eigenvalue weighted by Gasteiger charge is 2.56. The fourth-order valence-electron chi connectivity index (χ4n) is 6.33. The predicted molar refractivity (Wildman–Crippen MR) is 137 cm³/mol. The van der Waals surface area contributed by atoms with Crippen LogP contribution in [0, 0.1) is 35.0 Å². The molecule has 0 aromatic heterocycles. The van der Waals surface area contributed by atoms with Crippen LogP contribution in [0.25, 0.3) is 0 Å². The van der Waals surface area contributed by atoms with E-state index >= 15 is 0 Å². The molecule has 36 heavy (non-hydrogen) atoms. The minimum absolute atomic E-state index is 0.0189. The van der Waals surface area contributed by atoms with Crippen molar-refractivity contribution in [3.05, 3.63) is 47.6 Å². The van der Waals surface area contributed by atoms with Crippen LogP contribution in [0.5, 0.6) is 0 Å². The van der Waals surface area contributed by atoms with Crippen molar-refractivity contribution < 1.29 is 34.8 Å². The molecule has 7 heteroatoms. The molecular weight excluding hydrogens is 460 g/mol. The molecule has 0 amide bonds. The zero-order chi connectivity index (χ0) is 26.6. The van der Waals surface area contributed by atoms with E-state index in [4.69, 9.17) is 4.74 Å². The summed E-state index contributed by atoms with van der Waals surface area (Å²) < 4.78 is 5.99. The van der Waals surface area contributed by atoms with Gasteiger partial charge in [0.05, 0.1) is 29.3 Å². The van der Waals surface area contributed by atoms with Crippen molar-refractivity contribution in [1.29, 1.82) is 0 Å². The van der Waals surface area contributed by atoms with E-state index in [2.05, 4.69) is 6.08 Å². The fourth-order valence-corrected chi connectivity index (χ4v) is 6.33. The molecule has 9 atom stereocenters. The summed E-state index contributed by atoms with van der Waals surface area (Å²) in [5.41, 5.74) is 0.0627. The van der Waals surface area contributed by atoms with Crippen molar-refractivity contribution in [3.63, 3.8) is 0 Å². The number of allylic oxidation sites excluding steroid dienone is 5. The Kier molecular flexibility index (Phi) is 9.36. The molecule has 0 unspecified atom stereocenters. The number of aliphatic hydroxyl groups is 3. The Bertz CT molecular complexity index is 932. The number of hydrogen-bond acceptors (Lipinski definition) is 6. The number of aliphatic carboxylic acids is 1. The van der Waals surface area contributed by atoms with Crippen molar-refractivity contribution in [2.45, 2.75) is 78.1 Å². The maximum atomic E-state index is 13.8. The zero-order valence-electron chi connectivity index (χ0n) is 21.8. The van der Waals surface area contributed by atoms with Gasteiger partial charge in [-0.2, -0.15) is 0 Å². The van der Waals surface area contributed by atoms with Gasteiger partial charge in [-0.15, -0.1) is 0 Å². The summed E-state index contributed by atoms with van der Waals surface area (Å²) in [5.74, 6) is -2.64. The van der Waals surface area contributed by atoms with Crippen LogP contribution in [0.1, 0.15) is 59.8 Å². The molecule has 0 saturated heterocycles. The molecule has 7 nitrogen and oxygen atoms in total. The predicted octanol–water partition coefficient (Wildman–Crippen LogP) is 3.80. The van der Waals surface area contributed by atoms with Crippen molar-refractivity contribution in [2.24, 2.45) is 35.0 Å². The van der Waals surface area contributed by atoms with E-state index in [0.29, 0.717) is 32.1 Å². The van der Waals surface area contributed by atoms with E-state index < -0.39 is 29.5 Å². The number of esters is 1. The molecule has 0 aromatic rings. The number of ether oxygens (including phenoxy) is 1. The number of carboxylic acids is 1. The zero-order valence-corrected chi connectivity index (χ0v) is 21.8. The Hall–Kier alpha value is -2.22. The Balaban J connectivity index is 2.01. The molecule has 3 aliphatic rings. The molecule has 1 fully saturated rings. The van der Waals surface area contributed by atoms with E-state index in [-0.39, 0.29) is 47.9 Å². The second-order valence-corrected chi connectivity index (χ2v) is 11.1. The second-order valence-electron chi connectivity index (χ2n) is 11.1. The quantitative estimate of drug-likeness (QED) is 0.334. The van der Waals surface area contributed by atoms with Crippen LogP contribution in [-0.4, -0.2) is 57.3 Å². The van der Waals surface area contributed by atoms with Crippen LogP contribution in [0.15, 0.2) is 47.6 Å². The molecule has 200 valence electrons. The number of fused-ring (bicyclic) bond motifs is 3. The number of rotatable bonds is 2. The highest BCUT2D eigenvalue weighted by Crippen LogP contribution is 2.55. The summed E-state index contributed by atoms with van der Waals surface area (Å²) >= 11 is 0. The topological polar surface area (TPSA) is 124 Å². The van der Waals surface area contributed by atoms with Gasteiger partial charge in [-0.05, 0) is 58.8 Å². The minimum Gasteiger partial charge on any atom is -0.478 e. The summed E-state index contributed by atoms with van der Waals surface area (Å²) in [7, 11) is 0.